The van der Waals surface area contributed by atoms with Crippen LogP contribution in [0.25, 0.3) is 0 Å². The summed E-state index contributed by atoms with van der Waals surface area (Å²) in [5.74, 6) is 0.795. The van der Waals surface area contributed by atoms with Gasteiger partial charge in [-0.05, 0) is 6.92 Å². The van der Waals surface area contributed by atoms with Crippen LogP contribution in [0.3, 0.4) is 0 Å². The summed E-state index contributed by atoms with van der Waals surface area (Å²) in [5.41, 5.74) is 1.33. The van der Waals surface area contributed by atoms with E-state index in [9.17, 15) is 9.59 Å². The number of pyridine rings is 1. The molecule has 21 heavy (non-hydrogen) atoms. The maximum Gasteiger partial charge on any atom is 0.225 e. The highest BCUT2D eigenvalue weighted by Gasteiger charge is 2.24. The molecule has 6 heteroatoms. The number of amides is 1. The zero-order valence-electron chi connectivity index (χ0n) is 13.1. The van der Waals surface area contributed by atoms with Crippen LogP contribution in [0.1, 0.15) is 38.8 Å². The van der Waals surface area contributed by atoms with Crippen molar-refractivity contribution in [3.05, 3.63) is 21.4 Å². The van der Waals surface area contributed by atoms with Gasteiger partial charge in [-0.15, -0.1) is 0 Å². The number of ether oxygens (including phenoxy) is 1. The van der Waals surface area contributed by atoms with Crippen molar-refractivity contribution in [3.8, 4) is 5.88 Å². The fourth-order valence-corrected chi connectivity index (χ4v) is 2.17. The standard InChI is InChI=1S/C15H21N3O3/c1-8-6-9-11(19)10(7-16-14(20)15(2,3)4)13(21-5)18-12(9)17-8/h6-7H2,1-5H3,(H,16,20)(H,18,19). The maximum atomic E-state index is 12.5. The van der Waals surface area contributed by atoms with Gasteiger partial charge in [0.15, 0.2) is 5.43 Å². The fraction of sp³-hybridized carbons (Fsp3) is 0.533. The van der Waals surface area contributed by atoms with Gasteiger partial charge in [-0.25, -0.2) is 4.99 Å². The normalized spacial score (nSPS) is 13.7. The van der Waals surface area contributed by atoms with E-state index in [0.29, 0.717) is 29.2 Å². The zero-order valence-corrected chi connectivity index (χ0v) is 13.1. The maximum absolute atomic E-state index is 12.5. The summed E-state index contributed by atoms with van der Waals surface area (Å²) in [4.78, 5) is 31.8. The van der Waals surface area contributed by atoms with Crippen LogP contribution < -0.4 is 15.5 Å². The summed E-state index contributed by atoms with van der Waals surface area (Å²) in [6.45, 7) is 7.48. The summed E-state index contributed by atoms with van der Waals surface area (Å²) in [6.07, 6.45) is 0.537. The van der Waals surface area contributed by atoms with Crippen LogP contribution in [0.2, 0.25) is 0 Å². The number of hydrogen-bond donors (Lipinski definition) is 2. The molecular formula is C15H21N3O3. The van der Waals surface area contributed by atoms with Gasteiger partial charge in [0.25, 0.3) is 0 Å². The molecule has 1 amide bonds. The molecule has 0 aliphatic carbocycles. The van der Waals surface area contributed by atoms with E-state index < -0.39 is 5.41 Å². The lowest BCUT2D eigenvalue weighted by Crippen LogP contribution is -2.36. The number of H-pyrrole nitrogens is 1. The highest BCUT2D eigenvalue weighted by molar-refractivity contribution is 5.91. The second-order valence-electron chi connectivity index (χ2n) is 6.25. The van der Waals surface area contributed by atoms with Crippen LogP contribution >= 0.6 is 0 Å². The summed E-state index contributed by atoms with van der Waals surface area (Å²) in [6, 6.07) is 0. The van der Waals surface area contributed by atoms with Crippen LogP contribution in [0.5, 0.6) is 5.88 Å². The Morgan fingerprint density at radius 3 is 2.67 bits per heavy atom. The molecule has 2 heterocycles. The molecule has 1 aliphatic rings. The number of aromatic amines is 1. The Morgan fingerprint density at radius 1 is 1.43 bits per heavy atom. The molecule has 0 bridgehead atoms. The van der Waals surface area contributed by atoms with E-state index in [4.69, 9.17) is 4.74 Å². The van der Waals surface area contributed by atoms with Crippen molar-refractivity contribution in [1.82, 2.24) is 10.3 Å². The van der Waals surface area contributed by atoms with Gasteiger partial charge in [0.1, 0.15) is 5.82 Å². The average molecular weight is 291 g/mol. The van der Waals surface area contributed by atoms with Crippen molar-refractivity contribution >= 4 is 17.4 Å². The highest BCUT2D eigenvalue weighted by atomic mass is 16.5. The Hall–Kier alpha value is -2.11. The first-order valence-corrected chi connectivity index (χ1v) is 6.88. The summed E-state index contributed by atoms with van der Waals surface area (Å²) >= 11 is 0. The Bertz CT molecular complexity index is 666. The molecule has 2 rings (SSSR count). The Labute approximate surface area is 123 Å². The summed E-state index contributed by atoms with van der Waals surface area (Å²) < 4.78 is 5.23. The number of methoxy groups -OCH3 is 1. The van der Waals surface area contributed by atoms with Gasteiger partial charge in [-0.1, -0.05) is 20.8 Å². The largest absolute Gasteiger partial charge is 0.482 e. The number of aliphatic imine (C=N–C) groups is 1. The second kappa shape index (κ2) is 5.35. The van der Waals surface area contributed by atoms with Crippen molar-refractivity contribution in [2.24, 2.45) is 10.4 Å². The van der Waals surface area contributed by atoms with Crippen LogP contribution in [-0.4, -0.2) is 23.7 Å². The van der Waals surface area contributed by atoms with Gasteiger partial charge in [0.2, 0.25) is 11.8 Å². The lowest BCUT2D eigenvalue weighted by atomic mass is 9.95. The quantitative estimate of drug-likeness (QED) is 0.889. The topological polar surface area (TPSA) is 83.5 Å². The van der Waals surface area contributed by atoms with E-state index in [2.05, 4.69) is 15.3 Å². The number of nitrogens with one attached hydrogen (secondary N) is 2. The number of hydrogen-bond acceptors (Lipinski definition) is 4. The van der Waals surface area contributed by atoms with Gasteiger partial charge in [-0.3, -0.25) is 9.59 Å². The van der Waals surface area contributed by atoms with Crippen molar-refractivity contribution in [3.63, 3.8) is 0 Å². The molecule has 0 unspecified atom stereocenters. The van der Waals surface area contributed by atoms with E-state index >= 15 is 0 Å². The van der Waals surface area contributed by atoms with E-state index in [1.54, 1.807) is 0 Å². The van der Waals surface area contributed by atoms with Gasteiger partial charge in [-0.2, -0.15) is 0 Å². The third-order valence-electron chi connectivity index (χ3n) is 3.39. The first kappa shape index (κ1) is 15.3. The molecule has 6 nitrogen and oxygen atoms in total. The third-order valence-corrected chi connectivity index (χ3v) is 3.39. The Morgan fingerprint density at radius 2 is 2.10 bits per heavy atom. The number of aromatic nitrogens is 1. The van der Waals surface area contributed by atoms with Crippen LogP contribution in [0.15, 0.2) is 9.79 Å². The van der Waals surface area contributed by atoms with Crippen LogP contribution in [0, 0.1) is 5.41 Å². The van der Waals surface area contributed by atoms with Crippen LogP contribution in [0.4, 0.5) is 5.82 Å². The number of fused-ring (bicyclic) bond motifs is 1. The van der Waals surface area contributed by atoms with Crippen molar-refractivity contribution < 1.29 is 9.53 Å². The summed E-state index contributed by atoms with van der Waals surface area (Å²) in [7, 11) is 1.48. The molecule has 0 spiro atoms. The zero-order chi connectivity index (χ0) is 15.8. The van der Waals surface area contributed by atoms with Crippen LogP contribution in [-0.2, 0) is 17.8 Å². The second-order valence-corrected chi connectivity index (χ2v) is 6.25. The average Bonchev–Trinajstić information content (AvgIpc) is 2.76. The lowest BCUT2D eigenvalue weighted by Gasteiger charge is -2.18. The summed E-state index contributed by atoms with van der Waals surface area (Å²) in [5, 5.41) is 2.78. The molecule has 2 N–H and O–H groups in total. The lowest BCUT2D eigenvalue weighted by molar-refractivity contribution is -0.128. The number of nitrogens with zero attached hydrogens (tertiary/aromatic N) is 1. The highest BCUT2D eigenvalue weighted by Crippen LogP contribution is 2.26. The third kappa shape index (κ3) is 2.99. The monoisotopic (exact) mass is 291 g/mol. The molecule has 1 aromatic rings. The number of carbonyl (C=O) groups excluding carboxylic acids is 1. The van der Waals surface area contributed by atoms with Gasteiger partial charge in [0.05, 0.1) is 19.2 Å². The SMILES string of the molecule is COc1[nH]c2c(c(=O)c1CNC(=O)C(C)(C)C)CC(C)=N2. The fourth-order valence-electron chi connectivity index (χ4n) is 2.17. The molecule has 1 aromatic heterocycles. The molecule has 0 atom stereocenters. The van der Waals surface area contributed by atoms with Crippen molar-refractivity contribution in [2.75, 3.05) is 7.11 Å². The molecule has 0 saturated heterocycles. The van der Waals surface area contributed by atoms with Gasteiger partial charge >= 0.3 is 0 Å². The van der Waals surface area contributed by atoms with Gasteiger partial charge in [0, 0.05) is 23.1 Å². The van der Waals surface area contributed by atoms with E-state index in [1.165, 1.54) is 7.11 Å². The van der Waals surface area contributed by atoms with Crippen molar-refractivity contribution in [2.45, 2.75) is 40.7 Å². The minimum absolute atomic E-state index is 0.114. The van der Waals surface area contributed by atoms with Crippen molar-refractivity contribution in [1.29, 1.82) is 0 Å². The number of rotatable bonds is 3. The minimum Gasteiger partial charge on any atom is -0.482 e. The molecule has 0 aromatic carbocycles. The minimum atomic E-state index is -0.504. The predicted octanol–water partition coefficient (Wildman–Crippen LogP) is 1.69. The Kier molecular flexibility index (Phi) is 3.89. The molecule has 0 radical (unpaired) electrons. The predicted molar refractivity (Wildman–Crippen MR) is 81.4 cm³/mol. The molecular weight excluding hydrogens is 270 g/mol. The molecule has 114 valence electrons. The number of carbonyl (C=O) groups is 1. The molecule has 0 saturated carbocycles. The smallest absolute Gasteiger partial charge is 0.225 e. The first-order chi connectivity index (χ1) is 9.74. The van der Waals surface area contributed by atoms with E-state index in [-0.39, 0.29) is 17.9 Å². The Balaban J connectivity index is 2.32. The first-order valence-electron chi connectivity index (χ1n) is 6.88. The van der Waals surface area contributed by atoms with E-state index in [1.807, 2.05) is 27.7 Å². The van der Waals surface area contributed by atoms with E-state index in [0.717, 1.165) is 5.71 Å². The molecule has 0 fully saturated rings. The van der Waals surface area contributed by atoms with Gasteiger partial charge < -0.3 is 15.0 Å². The molecule has 1 aliphatic heterocycles.